The molecule has 1 N–H and O–H groups in total. The molecule has 2 heterocycles. The average Bonchev–Trinajstić information content (AvgIpc) is 3.26. The van der Waals surface area contributed by atoms with Gasteiger partial charge in [0.2, 0.25) is 11.7 Å². The minimum absolute atomic E-state index is 0.0818. The standard InChI is InChI=1S/C23H25N5O4S/c1-4-5-12-27-21(30)16-8-6-7-9-17(16)28-22(27)25-26-23(28)33-14-20(29)24-15-10-11-18(31-2)19(13-15)32-3/h6-11,13H,4-5,12,14H2,1-3H3,(H,24,29). The maximum Gasteiger partial charge on any atom is 0.262 e. The third kappa shape index (κ3) is 4.51. The summed E-state index contributed by atoms with van der Waals surface area (Å²) in [5.74, 6) is 1.52. The Morgan fingerprint density at radius 2 is 1.88 bits per heavy atom. The number of ether oxygens (including phenoxy) is 2. The Hall–Kier alpha value is -3.53. The van der Waals surface area contributed by atoms with Crippen LogP contribution in [0.25, 0.3) is 16.7 Å². The summed E-state index contributed by atoms with van der Waals surface area (Å²) in [6.07, 6.45) is 1.81. The molecule has 0 saturated carbocycles. The van der Waals surface area contributed by atoms with Gasteiger partial charge in [0.1, 0.15) is 0 Å². The van der Waals surface area contributed by atoms with Gasteiger partial charge in [0.05, 0.1) is 30.9 Å². The van der Waals surface area contributed by atoms with Crippen molar-refractivity contribution in [1.29, 1.82) is 0 Å². The van der Waals surface area contributed by atoms with Gasteiger partial charge in [-0.05, 0) is 30.7 Å². The topological polar surface area (TPSA) is 99.8 Å². The lowest BCUT2D eigenvalue weighted by Crippen LogP contribution is -2.23. The van der Waals surface area contributed by atoms with Crippen molar-refractivity contribution in [2.24, 2.45) is 0 Å². The van der Waals surface area contributed by atoms with Crippen molar-refractivity contribution >= 4 is 40.0 Å². The highest BCUT2D eigenvalue weighted by molar-refractivity contribution is 7.99. The van der Waals surface area contributed by atoms with E-state index in [0.29, 0.717) is 40.1 Å². The Balaban J connectivity index is 1.60. The molecular weight excluding hydrogens is 442 g/mol. The third-order valence-electron chi connectivity index (χ3n) is 5.21. The number of nitrogens with zero attached hydrogens (tertiary/aromatic N) is 4. The first kappa shape index (κ1) is 22.7. The molecule has 33 heavy (non-hydrogen) atoms. The van der Waals surface area contributed by atoms with Crippen LogP contribution in [0.2, 0.25) is 0 Å². The Morgan fingerprint density at radius 3 is 2.64 bits per heavy atom. The van der Waals surface area contributed by atoms with Crippen molar-refractivity contribution in [1.82, 2.24) is 19.2 Å². The van der Waals surface area contributed by atoms with E-state index in [-0.39, 0.29) is 17.2 Å². The Morgan fingerprint density at radius 1 is 1.09 bits per heavy atom. The van der Waals surface area contributed by atoms with Crippen LogP contribution in [0, 0.1) is 0 Å². The fourth-order valence-corrected chi connectivity index (χ4v) is 4.33. The number of thioether (sulfide) groups is 1. The summed E-state index contributed by atoms with van der Waals surface area (Å²) in [6.45, 7) is 2.64. The number of methoxy groups -OCH3 is 2. The van der Waals surface area contributed by atoms with E-state index in [1.54, 1.807) is 43.1 Å². The summed E-state index contributed by atoms with van der Waals surface area (Å²) < 4.78 is 14.0. The van der Waals surface area contributed by atoms with Gasteiger partial charge in [0.25, 0.3) is 5.56 Å². The SMILES string of the molecule is CCCCn1c(=O)c2ccccc2n2c(SCC(=O)Nc3ccc(OC)c(OC)c3)nnc12. The third-order valence-corrected chi connectivity index (χ3v) is 6.14. The molecule has 2 aromatic carbocycles. The van der Waals surface area contributed by atoms with E-state index in [1.807, 2.05) is 22.6 Å². The summed E-state index contributed by atoms with van der Waals surface area (Å²) in [5.41, 5.74) is 1.24. The van der Waals surface area contributed by atoms with Gasteiger partial charge >= 0.3 is 0 Å². The molecule has 2 aromatic heterocycles. The molecule has 10 heteroatoms. The monoisotopic (exact) mass is 467 g/mol. The summed E-state index contributed by atoms with van der Waals surface area (Å²) in [4.78, 5) is 25.6. The highest BCUT2D eigenvalue weighted by Gasteiger charge is 2.17. The number of carbonyl (C=O) groups excluding carboxylic acids is 1. The zero-order valence-electron chi connectivity index (χ0n) is 18.7. The lowest BCUT2D eigenvalue weighted by Gasteiger charge is -2.11. The van der Waals surface area contributed by atoms with Crippen LogP contribution in [-0.2, 0) is 11.3 Å². The largest absolute Gasteiger partial charge is 0.493 e. The van der Waals surface area contributed by atoms with Gasteiger partial charge in [-0.3, -0.25) is 18.6 Å². The van der Waals surface area contributed by atoms with Crippen molar-refractivity contribution in [3.05, 3.63) is 52.8 Å². The molecule has 0 fully saturated rings. The summed E-state index contributed by atoms with van der Waals surface area (Å²) >= 11 is 1.26. The highest BCUT2D eigenvalue weighted by atomic mass is 32.2. The number of unbranched alkanes of at least 4 members (excludes halogenated alkanes) is 1. The molecule has 0 radical (unpaired) electrons. The summed E-state index contributed by atoms with van der Waals surface area (Å²) in [7, 11) is 3.10. The molecule has 0 aliphatic carbocycles. The molecule has 0 spiro atoms. The first-order valence-electron chi connectivity index (χ1n) is 10.6. The van der Waals surface area contributed by atoms with Crippen LogP contribution in [0.4, 0.5) is 5.69 Å². The second kappa shape index (κ2) is 9.95. The number of fused-ring (bicyclic) bond motifs is 3. The van der Waals surface area contributed by atoms with Crippen LogP contribution in [0.15, 0.2) is 52.4 Å². The predicted octanol–water partition coefficient (Wildman–Crippen LogP) is 3.59. The Kier molecular flexibility index (Phi) is 6.83. The molecule has 0 saturated heterocycles. The van der Waals surface area contributed by atoms with Crippen molar-refractivity contribution in [2.75, 3.05) is 25.3 Å². The minimum atomic E-state index is -0.201. The fraction of sp³-hybridized carbons (Fsp3) is 0.304. The number of aryl methyl sites for hydroxylation is 1. The summed E-state index contributed by atoms with van der Waals surface area (Å²) in [5, 5.41) is 12.6. The zero-order chi connectivity index (χ0) is 23.4. The highest BCUT2D eigenvalue weighted by Crippen LogP contribution is 2.30. The summed E-state index contributed by atoms with van der Waals surface area (Å²) in [6, 6.07) is 12.6. The number of hydrogen-bond acceptors (Lipinski definition) is 7. The van der Waals surface area contributed by atoms with Gasteiger partial charge in [-0.1, -0.05) is 37.2 Å². The second-order valence-electron chi connectivity index (χ2n) is 7.35. The van der Waals surface area contributed by atoms with E-state index in [0.717, 1.165) is 18.4 Å². The van der Waals surface area contributed by atoms with Crippen LogP contribution in [-0.4, -0.2) is 45.0 Å². The van der Waals surface area contributed by atoms with Crippen molar-refractivity contribution in [3.8, 4) is 11.5 Å². The lowest BCUT2D eigenvalue weighted by molar-refractivity contribution is -0.113. The quantitative estimate of drug-likeness (QED) is 0.376. The number of rotatable bonds is 9. The molecule has 0 aliphatic rings. The molecule has 1 amide bonds. The van der Waals surface area contributed by atoms with Crippen LogP contribution < -0.4 is 20.3 Å². The minimum Gasteiger partial charge on any atom is -0.493 e. The fourth-order valence-electron chi connectivity index (χ4n) is 3.59. The molecule has 0 aliphatic heterocycles. The van der Waals surface area contributed by atoms with E-state index < -0.39 is 0 Å². The van der Waals surface area contributed by atoms with E-state index in [2.05, 4.69) is 22.4 Å². The maximum atomic E-state index is 13.0. The second-order valence-corrected chi connectivity index (χ2v) is 8.29. The van der Waals surface area contributed by atoms with Crippen molar-refractivity contribution in [3.63, 3.8) is 0 Å². The lowest BCUT2D eigenvalue weighted by atomic mass is 10.2. The van der Waals surface area contributed by atoms with Crippen LogP contribution >= 0.6 is 11.8 Å². The van der Waals surface area contributed by atoms with Gasteiger partial charge in [-0.15, -0.1) is 10.2 Å². The number of aromatic nitrogens is 4. The number of hydrogen-bond donors (Lipinski definition) is 1. The number of para-hydroxylation sites is 1. The number of amides is 1. The number of nitrogens with one attached hydrogen (secondary N) is 1. The number of benzene rings is 2. The van der Waals surface area contributed by atoms with Crippen LogP contribution in [0.1, 0.15) is 19.8 Å². The van der Waals surface area contributed by atoms with Crippen molar-refractivity contribution in [2.45, 2.75) is 31.5 Å². The van der Waals surface area contributed by atoms with Gasteiger partial charge in [0, 0.05) is 18.3 Å². The molecule has 0 bridgehead atoms. The first-order valence-corrected chi connectivity index (χ1v) is 11.6. The average molecular weight is 468 g/mol. The smallest absolute Gasteiger partial charge is 0.262 e. The predicted molar refractivity (Wildman–Crippen MR) is 129 cm³/mol. The molecule has 172 valence electrons. The normalized spacial score (nSPS) is 11.1. The molecular formula is C23H25N5O4S. The van der Waals surface area contributed by atoms with Crippen molar-refractivity contribution < 1.29 is 14.3 Å². The van der Waals surface area contributed by atoms with Gasteiger partial charge in [-0.2, -0.15) is 0 Å². The number of anilines is 1. The van der Waals surface area contributed by atoms with E-state index in [9.17, 15) is 9.59 Å². The van der Waals surface area contributed by atoms with E-state index in [4.69, 9.17) is 9.47 Å². The Bertz CT molecular complexity index is 1360. The first-order chi connectivity index (χ1) is 16.1. The van der Waals surface area contributed by atoms with Gasteiger partial charge in [0.15, 0.2) is 16.7 Å². The molecule has 4 aromatic rings. The van der Waals surface area contributed by atoms with Crippen LogP contribution in [0.3, 0.4) is 0 Å². The maximum absolute atomic E-state index is 13.0. The molecule has 9 nitrogen and oxygen atoms in total. The van der Waals surface area contributed by atoms with E-state index >= 15 is 0 Å². The van der Waals surface area contributed by atoms with Crippen LogP contribution in [0.5, 0.6) is 11.5 Å². The van der Waals surface area contributed by atoms with Gasteiger partial charge in [-0.25, -0.2) is 0 Å². The van der Waals surface area contributed by atoms with E-state index in [1.165, 1.54) is 11.8 Å². The Labute approximate surface area is 194 Å². The van der Waals surface area contributed by atoms with Gasteiger partial charge < -0.3 is 14.8 Å². The zero-order valence-corrected chi connectivity index (χ0v) is 19.5. The molecule has 0 atom stereocenters. The number of carbonyl (C=O) groups is 1. The molecule has 4 rings (SSSR count). The molecule has 0 unspecified atom stereocenters.